The summed E-state index contributed by atoms with van der Waals surface area (Å²) in [6.07, 6.45) is 1.61. The molecule has 0 saturated carbocycles. The van der Waals surface area contributed by atoms with Crippen LogP contribution in [0.5, 0.6) is 11.5 Å². The lowest BCUT2D eigenvalue weighted by Crippen LogP contribution is -2.18. The summed E-state index contributed by atoms with van der Waals surface area (Å²) in [4.78, 5) is 17.3. The summed E-state index contributed by atoms with van der Waals surface area (Å²) in [5.74, 6) is 0.348. The van der Waals surface area contributed by atoms with Crippen molar-refractivity contribution in [3.05, 3.63) is 47.9 Å². The number of aromatic hydroxyl groups is 1. The summed E-state index contributed by atoms with van der Waals surface area (Å²) in [6.45, 7) is 6.17. The Kier molecular flexibility index (Phi) is 4.36. The summed E-state index contributed by atoms with van der Waals surface area (Å²) in [6, 6.07) is 8.79. The first kappa shape index (κ1) is 17.8. The van der Waals surface area contributed by atoms with E-state index >= 15 is 0 Å². The normalized spacial score (nSPS) is 11.6. The first-order chi connectivity index (χ1) is 12.2. The Labute approximate surface area is 152 Å². The predicted molar refractivity (Wildman–Crippen MR) is 102 cm³/mol. The molecule has 0 atom stereocenters. The molecule has 1 aromatic carbocycles. The second-order valence-corrected chi connectivity index (χ2v) is 7.28. The zero-order valence-corrected chi connectivity index (χ0v) is 15.6. The fraction of sp³-hybridized carbons (Fsp3) is 0.300. The van der Waals surface area contributed by atoms with Crippen LogP contribution in [-0.2, 0) is 12.5 Å². The molecule has 3 rings (SSSR count). The lowest BCUT2D eigenvalue weighted by Gasteiger charge is -2.20. The summed E-state index contributed by atoms with van der Waals surface area (Å²) >= 11 is 0. The zero-order valence-electron chi connectivity index (χ0n) is 15.6. The Morgan fingerprint density at radius 2 is 2.00 bits per heavy atom. The number of rotatable bonds is 3. The average Bonchev–Trinajstić information content (AvgIpc) is 2.92. The van der Waals surface area contributed by atoms with Gasteiger partial charge >= 0.3 is 0 Å². The van der Waals surface area contributed by atoms with Crippen LogP contribution in [0.25, 0.3) is 10.9 Å². The standard InChI is InChI=1S/C20H23N3O3/c1-20(2,3)17-10-13(16(26-5)11-21-17)22-19(25)14-9-12-7-6-8-15(24)18(12)23(14)4/h6-11,24H,1-5H3,(H,21,22,25). The summed E-state index contributed by atoms with van der Waals surface area (Å²) in [5, 5.41) is 13.8. The number of methoxy groups -OCH3 is 1. The van der Waals surface area contributed by atoms with E-state index < -0.39 is 0 Å². The molecule has 26 heavy (non-hydrogen) atoms. The van der Waals surface area contributed by atoms with Gasteiger partial charge in [0.1, 0.15) is 11.4 Å². The lowest BCUT2D eigenvalue weighted by molar-refractivity contribution is 0.101. The zero-order chi connectivity index (χ0) is 19.1. The van der Waals surface area contributed by atoms with Crippen molar-refractivity contribution in [2.75, 3.05) is 12.4 Å². The van der Waals surface area contributed by atoms with Gasteiger partial charge in [-0.3, -0.25) is 9.78 Å². The van der Waals surface area contributed by atoms with E-state index in [4.69, 9.17) is 4.74 Å². The molecule has 0 bridgehead atoms. The van der Waals surface area contributed by atoms with Crippen LogP contribution >= 0.6 is 0 Å². The Balaban J connectivity index is 2.00. The van der Waals surface area contributed by atoms with E-state index in [1.807, 2.05) is 12.1 Å². The van der Waals surface area contributed by atoms with E-state index in [0.29, 0.717) is 22.6 Å². The van der Waals surface area contributed by atoms with Gasteiger partial charge in [0, 0.05) is 23.5 Å². The minimum atomic E-state index is -0.285. The SMILES string of the molecule is COc1cnc(C(C)(C)C)cc1NC(=O)c1cc2cccc(O)c2n1C. The van der Waals surface area contributed by atoms with Crippen LogP contribution in [0, 0.1) is 0 Å². The number of aryl methyl sites for hydroxylation is 1. The molecule has 6 heteroatoms. The van der Waals surface area contributed by atoms with Crippen molar-refractivity contribution in [1.29, 1.82) is 0 Å². The van der Waals surface area contributed by atoms with Gasteiger partial charge < -0.3 is 19.7 Å². The maximum Gasteiger partial charge on any atom is 0.272 e. The minimum absolute atomic E-state index is 0.139. The second kappa shape index (κ2) is 6.37. The number of pyridine rings is 1. The number of hydrogen-bond acceptors (Lipinski definition) is 4. The van der Waals surface area contributed by atoms with Gasteiger partial charge in [0.05, 0.1) is 24.5 Å². The van der Waals surface area contributed by atoms with E-state index in [0.717, 1.165) is 11.1 Å². The van der Waals surface area contributed by atoms with Gasteiger partial charge in [0.2, 0.25) is 0 Å². The number of hydrogen-bond donors (Lipinski definition) is 2. The van der Waals surface area contributed by atoms with Crippen molar-refractivity contribution in [3.63, 3.8) is 0 Å². The molecule has 0 saturated heterocycles. The van der Waals surface area contributed by atoms with Gasteiger partial charge in [0.15, 0.2) is 5.75 Å². The molecule has 136 valence electrons. The first-order valence-electron chi connectivity index (χ1n) is 8.35. The Morgan fingerprint density at radius 3 is 2.62 bits per heavy atom. The number of ether oxygens (including phenoxy) is 1. The van der Waals surface area contributed by atoms with E-state index in [2.05, 4.69) is 31.1 Å². The number of phenols is 1. The molecule has 0 radical (unpaired) electrons. The van der Waals surface area contributed by atoms with Crippen LogP contribution in [-0.4, -0.2) is 27.7 Å². The van der Waals surface area contributed by atoms with Crippen molar-refractivity contribution in [2.45, 2.75) is 26.2 Å². The van der Waals surface area contributed by atoms with E-state index in [-0.39, 0.29) is 17.1 Å². The highest BCUT2D eigenvalue weighted by Gasteiger charge is 2.20. The summed E-state index contributed by atoms with van der Waals surface area (Å²) < 4.78 is 7.01. The van der Waals surface area contributed by atoms with Crippen molar-refractivity contribution in [3.8, 4) is 11.5 Å². The van der Waals surface area contributed by atoms with Crippen LogP contribution in [0.4, 0.5) is 5.69 Å². The number of amides is 1. The highest BCUT2D eigenvalue weighted by atomic mass is 16.5. The number of aromatic nitrogens is 2. The van der Waals surface area contributed by atoms with Crippen molar-refractivity contribution >= 4 is 22.5 Å². The molecule has 2 N–H and O–H groups in total. The third-order valence-electron chi connectivity index (χ3n) is 4.37. The highest BCUT2D eigenvalue weighted by molar-refractivity contribution is 6.07. The van der Waals surface area contributed by atoms with Gasteiger partial charge in [-0.05, 0) is 18.2 Å². The molecule has 0 spiro atoms. The first-order valence-corrected chi connectivity index (χ1v) is 8.35. The third-order valence-corrected chi connectivity index (χ3v) is 4.37. The summed E-state index contributed by atoms with van der Waals surface area (Å²) in [5.41, 5.74) is 2.32. The molecule has 3 aromatic rings. The monoisotopic (exact) mass is 353 g/mol. The average molecular weight is 353 g/mol. The molecule has 1 amide bonds. The third kappa shape index (κ3) is 3.10. The molecule has 2 aromatic heterocycles. The Bertz CT molecular complexity index is 984. The van der Waals surface area contributed by atoms with E-state index in [1.54, 1.807) is 36.0 Å². The predicted octanol–water partition coefficient (Wildman–Crippen LogP) is 3.84. The number of carbonyl (C=O) groups is 1. The van der Waals surface area contributed by atoms with Crippen molar-refractivity contribution < 1.29 is 14.6 Å². The lowest BCUT2D eigenvalue weighted by atomic mass is 9.91. The Morgan fingerprint density at radius 1 is 1.27 bits per heavy atom. The topological polar surface area (TPSA) is 76.4 Å². The van der Waals surface area contributed by atoms with Gasteiger partial charge in [-0.15, -0.1) is 0 Å². The van der Waals surface area contributed by atoms with Crippen LogP contribution in [0.15, 0.2) is 36.5 Å². The maximum absolute atomic E-state index is 12.9. The van der Waals surface area contributed by atoms with Crippen LogP contribution < -0.4 is 10.1 Å². The number of carbonyl (C=O) groups excluding carboxylic acids is 1. The number of fused-ring (bicyclic) bond motifs is 1. The molecule has 0 aliphatic heterocycles. The molecule has 0 aliphatic rings. The Hall–Kier alpha value is -3.02. The van der Waals surface area contributed by atoms with Gasteiger partial charge in [-0.25, -0.2) is 0 Å². The van der Waals surface area contributed by atoms with E-state index in [9.17, 15) is 9.90 Å². The number of benzene rings is 1. The van der Waals surface area contributed by atoms with Crippen LogP contribution in [0.1, 0.15) is 37.0 Å². The van der Waals surface area contributed by atoms with Crippen LogP contribution in [0.3, 0.4) is 0 Å². The number of nitrogens with one attached hydrogen (secondary N) is 1. The smallest absolute Gasteiger partial charge is 0.272 e. The summed E-state index contributed by atoms with van der Waals surface area (Å²) in [7, 11) is 3.29. The number of anilines is 1. The van der Waals surface area contributed by atoms with Crippen molar-refractivity contribution in [1.82, 2.24) is 9.55 Å². The number of phenolic OH excluding ortho intramolecular Hbond substituents is 1. The van der Waals surface area contributed by atoms with Crippen molar-refractivity contribution in [2.24, 2.45) is 7.05 Å². The minimum Gasteiger partial charge on any atom is -0.506 e. The molecule has 6 nitrogen and oxygen atoms in total. The van der Waals surface area contributed by atoms with E-state index in [1.165, 1.54) is 7.11 Å². The molecule has 0 fully saturated rings. The molecular weight excluding hydrogens is 330 g/mol. The molecule has 0 aliphatic carbocycles. The maximum atomic E-state index is 12.9. The van der Waals surface area contributed by atoms with Gasteiger partial charge in [0.25, 0.3) is 5.91 Å². The van der Waals surface area contributed by atoms with Crippen LogP contribution in [0.2, 0.25) is 0 Å². The highest BCUT2D eigenvalue weighted by Crippen LogP contribution is 2.31. The second-order valence-electron chi connectivity index (χ2n) is 7.28. The number of nitrogens with zero attached hydrogens (tertiary/aromatic N) is 2. The quantitative estimate of drug-likeness (QED) is 0.750. The molecule has 2 heterocycles. The molecular formula is C20H23N3O3. The van der Waals surface area contributed by atoms with Gasteiger partial charge in [-0.1, -0.05) is 32.9 Å². The molecule has 0 unspecified atom stereocenters. The largest absolute Gasteiger partial charge is 0.506 e. The van der Waals surface area contributed by atoms with Gasteiger partial charge in [-0.2, -0.15) is 0 Å². The fourth-order valence-corrected chi connectivity index (χ4v) is 2.91. The number of para-hydroxylation sites is 1. The fourth-order valence-electron chi connectivity index (χ4n) is 2.91.